The summed E-state index contributed by atoms with van der Waals surface area (Å²) in [5, 5.41) is 0. The minimum atomic E-state index is -0.560. The summed E-state index contributed by atoms with van der Waals surface area (Å²) in [6, 6.07) is 22.1. The lowest BCUT2D eigenvalue weighted by atomic mass is 9.74. The fourth-order valence-electron chi connectivity index (χ4n) is 5.56. The third-order valence-corrected chi connectivity index (χ3v) is 7.48. The van der Waals surface area contributed by atoms with Crippen LogP contribution < -0.4 is 14.4 Å². The van der Waals surface area contributed by atoms with Gasteiger partial charge in [-0.2, -0.15) is 0 Å². The Balaban J connectivity index is 1.56. The number of likely N-dealkylation sites (tertiary alicyclic amines) is 1. The van der Waals surface area contributed by atoms with Gasteiger partial charge in [0, 0.05) is 37.2 Å². The lowest BCUT2D eigenvalue weighted by Crippen LogP contribution is -2.49. The second-order valence-corrected chi connectivity index (χ2v) is 10.7. The first-order chi connectivity index (χ1) is 18.9. The summed E-state index contributed by atoms with van der Waals surface area (Å²) in [4.78, 5) is 23.6. The summed E-state index contributed by atoms with van der Waals surface area (Å²) in [6.45, 7) is 8.35. The molecule has 1 atom stereocenters. The molecule has 7 nitrogen and oxygen atoms in total. The van der Waals surface area contributed by atoms with Crippen LogP contribution in [0.3, 0.4) is 0 Å². The van der Waals surface area contributed by atoms with Gasteiger partial charge in [0.1, 0.15) is 5.82 Å². The van der Waals surface area contributed by atoms with Gasteiger partial charge in [0.05, 0.1) is 39.2 Å². The van der Waals surface area contributed by atoms with E-state index in [0.717, 1.165) is 41.3 Å². The Bertz CT molecular complexity index is 1330. The minimum Gasteiger partial charge on any atom is -0.493 e. The molecular formula is C32H37N3O4. The fraction of sp³-hybridized carbons (Fsp3) is 0.375. The summed E-state index contributed by atoms with van der Waals surface area (Å²) in [5.41, 5.74) is 3.15. The van der Waals surface area contributed by atoms with Crippen molar-refractivity contribution >= 4 is 17.7 Å². The zero-order valence-electron chi connectivity index (χ0n) is 23.2. The number of hydrogen-bond donors (Lipinski definition) is 0. The highest BCUT2D eigenvalue weighted by atomic mass is 16.5. The molecular weight excluding hydrogens is 490 g/mol. The number of pyridine rings is 1. The average molecular weight is 528 g/mol. The van der Waals surface area contributed by atoms with Crippen molar-refractivity contribution in [3.63, 3.8) is 0 Å². The lowest BCUT2D eigenvalue weighted by Gasteiger charge is -2.44. The molecule has 2 saturated heterocycles. The van der Waals surface area contributed by atoms with Crippen molar-refractivity contribution in [1.82, 2.24) is 9.88 Å². The van der Waals surface area contributed by atoms with Gasteiger partial charge >= 0.3 is 0 Å². The van der Waals surface area contributed by atoms with Crippen molar-refractivity contribution in [2.24, 2.45) is 5.41 Å². The summed E-state index contributed by atoms with van der Waals surface area (Å²) >= 11 is 0. The predicted molar refractivity (Wildman–Crippen MR) is 153 cm³/mol. The van der Waals surface area contributed by atoms with Crippen molar-refractivity contribution in [1.29, 1.82) is 0 Å². The van der Waals surface area contributed by atoms with Gasteiger partial charge in [-0.3, -0.25) is 9.69 Å². The maximum absolute atomic E-state index is 14.0. The molecule has 5 rings (SSSR count). The zero-order chi connectivity index (χ0) is 27.4. The lowest BCUT2D eigenvalue weighted by molar-refractivity contribution is -0.128. The predicted octanol–water partition coefficient (Wildman–Crippen LogP) is 5.17. The standard InChI is InChI=1S/C32H37N3O4/c1-32(2)22-35(21-23-13-14-27(37-3)28(19-23)38-4)30(24-9-6-5-7-10-24)26(31(32)36)20-25-11-8-12-29(33-25)34-15-17-39-18-16-34/h5-14,19-20,30H,15-18,21-22H2,1-4H3. The monoisotopic (exact) mass is 527 g/mol. The summed E-state index contributed by atoms with van der Waals surface area (Å²) < 4.78 is 16.5. The molecule has 204 valence electrons. The molecule has 2 fully saturated rings. The van der Waals surface area contributed by atoms with Crippen LogP contribution >= 0.6 is 0 Å². The smallest absolute Gasteiger partial charge is 0.167 e. The van der Waals surface area contributed by atoms with Gasteiger partial charge in [0.2, 0.25) is 0 Å². The summed E-state index contributed by atoms with van der Waals surface area (Å²) in [5.74, 6) is 2.45. The van der Waals surface area contributed by atoms with Crippen LogP contribution in [0.5, 0.6) is 11.5 Å². The van der Waals surface area contributed by atoms with Crippen molar-refractivity contribution in [2.75, 3.05) is 52.0 Å². The molecule has 0 radical (unpaired) electrons. The van der Waals surface area contributed by atoms with Crippen LogP contribution in [0.25, 0.3) is 6.08 Å². The number of benzene rings is 2. The van der Waals surface area contributed by atoms with Gasteiger partial charge < -0.3 is 19.1 Å². The summed E-state index contributed by atoms with van der Waals surface area (Å²) in [7, 11) is 3.29. The highest BCUT2D eigenvalue weighted by molar-refractivity contribution is 6.05. The Morgan fingerprint density at radius 1 is 0.974 bits per heavy atom. The second-order valence-electron chi connectivity index (χ2n) is 10.7. The van der Waals surface area contributed by atoms with E-state index in [-0.39, 0.29) is 11.8 Å². The Morgan fingerprint density at radius 2 is 1.72 bits per heavy atom. The molecule has 2 aromatic carbocycles. The summed E-state index contributed by atoms with van der Waals surface area (Å²) in [6.07, 6.45) is 1.99. The normalized spacial score (nSPS) is 20.7. The van der Waals surface area contributed by atoms with E-state index in [1.807, 2.05) is 68.5 Å². The minimum absolute atomic E-state index is 0.151. The first-order valence-electron chi connectivity index (χ1n) is 13.5. The highest BCUT2D eigenvalue weighted by Gasteiger charge is 2.44. The maximum Gasteiger partial charge on any atom is 0.167 e. The molecule has 0 saturated carbocycles. The Kier molecular flexibility index (Phi) is 8.00. The number of carbonyl (C=O) groups excluding carboxylic acids is 1. The largest absolute Gasteiger partial charge is 0.493 e. The molecule has 3 heterocycles. The van der Waals surface area contributed by atoms with Crippen LogP contribution in [0, 0.1) is 5.41 Å². The van der Waals surface area contributed by atoms with Crippen LogP contribution in [0.4, 0.5) is 5.82 Å². The quantitative estimate of drug-likeness (QED) is 0.393. The number of carbonyl (C=O) groups is 1. The maximum atomic E-state index is 14.0. The number of ketones is 1. The topological polar surface area (TPSA) is 64.1 Å². The molecule has 2 aliphatic heterocycles. The van der Waals surface area contributed by atoms with Crippen molar-refractivity contribution in [3.05, 3.63) is 89.1 Å². The van der Waals surface area contributed by atoms with Crippen LogP contribution in [0.1, 0.15) is 36.7 Å². The molecule has 0 aliphatic carbocycles. The van der Waals surface area contributed by atoms with Crippen LogP contribution in [0.2, 0.25) is 0 Å². The van der Waals surface area contributed by atoms with E-state index in [1.54, 1.807) is 14.2 Å². The average Bonchev–Trinajstić information content (AvgIpc) is 2.96. The SMILES string of the molecule is COc1ccc(CN2CC(C)(C)C(=O)C(=Cc3cccc(N4CCOCC4)n3)C2c2ccccc2)cc1OC. The molecule has 0 N–H and O–H groups in total. The molecule has 0 bridgehead atoms. The first kappa shape index (κ1) is 26.9. The number of methoxy groups -OCH3 is 2. The number of piperidine rings is 1. The number of hydrogen-bond acceptors (Lipinski definition) is 7. The van der Waals surface area contributed by atoms with Crippen LogP contribution in [-0.4, -0.2) is 62.7 Å². The van der Waals surface area contributed by atoms with Crippen LogP contribution in [0.15, 0.2) is 72.3 Å². The van der Waals surface area contributed by atoms with Gasteiger partial charge in [-0.05, 0) is 41.5 Å². The number of aromatic nitrogens is 1. The van der Waals surface area contributed by atoms with Crippen LogP contribution in [-0.2, 0) is 16.1 Å². The molecule has 3 aromatic rings. The van der Waals surface area contributed by atoms with Gasteiger partial charge in [-0.1, -0.05) is 56.3 Å². The number of Topliss-reactive ketones (excluding diaryl/α,β-unsaturated/α-hetero) is 1. The Hall–Kier alpha value is -3.68. The number of nitrogens with zero attached hydrogens (tertiary/aromatic N) is 3. The highest BCUT2D eigenvalue weighted by Crippen LogP contribution is 2.43. The number of ether oxygens (including phenoxy) is 3. The van der Waals surface area contributed by atoms with E-state index in [1.165, 1.54) is 0 Å². The van der Waals surface area contributed by atoms with E-state index >= 15 is 0 Å². The Labute approximate surface area is 231 Å². The van der Waals surface area contributed by atoms with Gasteiger partial charge in [-0.25, -0.2) is 4.98 Å². The third kappa shape index (κ3) is 5.84. The molecule has 39 heavy (non-hydrogen) atoms. The number of anilines is 1. The van der Waals surface area contributed by atoms with E-state index in [4.69, 9.17) is 19.2 Å². The number of morpholine rings is 1. The molecule has 0 spiro atoms. The molecule has 2 aliphatic rings. The van der Waals surface area contributed by atoms with E-state index < -0.39 is 5.41 Å². The first-order valence-corrected chi connectivity index (χ1v) is 13.5. The van der Waals surface area contributed by atoms with Gasteiger partial charge in [-0.15, -0.1) is 0 Å². The fourth-order valence-corrected chi connectivity index (χ4v) is 5.56. The van der Waals surface area contributed by atoms with E-state index in [9.17, 15) is 4.79 Å². The third-order valence-electron chi connectivity index (χ3n) is 7.48. The van der Waals surface area contributed by atoms with E-state index in [2.05, 4.69) is 28.0 Å². The Morgan fingerprint density at radius 3 is 2.44 bits per heavy atom. The van der Waals surface area contributed by atoms with Crippen molar-refractivity contribution in [2.45, 2.75) is 26.4 Å². The van der Waals surface area contributed by atoms with Crippen molar-refractivity contribution in [3.8, 4) is 11.5 Å². The van der Waals surface area contributed by atoms with Gasteiger partial charge in [0.15, 0.2) is 17.3 Å². The van der Waals surface area contributed by atoms with Crippen molar-refractivity contribution < 1.29 is 19.0 Å². The molecule has 1 aromatic heterocycles. The second kappa shape index (κ2) is 11.6. The molecule has 7 heteroatoms. The van der Waals surface area contributed by atoms with E-state index in [0.29, 0.717) is 37.8 Å². The number of rotatable bonds is 7. The molecule has 1 unspecified atom stereocenters. The zero-order valence-corrected chi connectivity index (χ0v) is 23.2. The van der Waals surface area contributed by atoms with Gasteiger partial charge in [0.25, 0.3) is 0 Å². The molecule has 0 amide bonds.